The predicted octanol–water partition coefficient (Wildman–Crippen LogP) is 4.32. The average molecular weight is 474 g/mol. The molecule has 7 nitrogen and oxygen atoms in total. The van der Waals surface area contributed by atoms with Gasteiger partial charge >= 0.3 is 0 Å². The highest BCUT2D eigenvalue weighted by molar-refractivity contribution is 5.94. The van der Waals surface area contributed by atoms with Gasteiger partial charge in [0.05, 0.1) is 5.52 Å². The third-order valence-electron chi connectivity index (χ3n) is 5.35. The van der Waals surface area contributed by atoms with Gasteiger partial charge in [-0.2, -0.15) is 0 Å². The summed E-state index contributed by atoms with van der Waals surface area (Å²) in [5.74, 6) is -0.705. The van der Waals surface area contributed by atoms with E-state index in [4.69, 9.17) is 11.5 Å². The molecule has 1 aromatic carbocycles. The fourth-order valence-corrected chi connectivity index (χ4v) is 3.15. The van der Waals surface area contributed by atoms with E-state index in [9.17, 15) is 9.59 Å². The Morgan fingerprint density at radius 2 is 1.80 bits per heavy atom. The Kier molecular flexibility index (Phi) is 10.3. The first-order valence-corrected chi connectivity index (χ1v) is 11.7. The molecule has 3 aromatic rings. The molecule has 7 heteroatoms. The molecule has 5 N–H and O–H groups in total. The molecule has 0 saturated heterocycles. The van der Waals surface area contributed by atoms with E-state index in [-0.39, 0.29) is 17.6 Å². The first kappa shape index (κ1) is 27.4. The number of pyridine rings is 2. The fraction of sp³-hybridized carbons (Fsp3) is 0.286. The maximum absolute atomic E-state index is 12.6. The van der Waals surface area contributed by atoms with Crippen molar-refractivity contribution < 1.29 is 9.59 Å². The van der Waals surface area contributed by atoms with E-state index in [1.807, 2.05) is 71.0 Å². The molecule has 0 radical (unpaired) electrons. The summed E-state index contributed by atoms with van der Waals surface area (Å²) in [5, 5.41) is 3.84. The van der Waals surface area contributed by atoms with Crippen molar-refractivity contribution in [2.45, 2.75) is 47.1 Å². The molecule has 35 heavy (non-hydrogen) atoms. The minimum atomic E-state index is -0.553. The van der Waals surface area contributed by atoms with Crippen LogP contribution in [0.5, 0.6) is 0 Å². The van der Waals surface area contributed by atoms with Crippen LogP contribution in [-0.2, 0) is 6.42 Å². The highest BCUT2D eigenvalue weighted by Crippen LogP contribution is 2.17. The van der Waals surface area contributed by atoms with E-state index in [2.05, 4.69) is 15.3 Å². The molecule has 0 spiro atoms. The summed E-state index contributed by atoms with van der Waals surface area (Å²) in [4.78, 5) is 32.6. The second kappa shape index (κ2) is 13.2. The number of carbonyl (C=O) groups is 2. The SMILES string of the molecule is C/C(=C\C=C(/C)C(C)N)CNC(=O)c1ccnc(Cc2ccc3nc(C(N)=O)ccc3c2)c1.CC. The van der Waals surface area contributed by atoms with Gasteiger partial charge in [-0.3, -0.25) is 14.6 Å². The van der Waals surface area contributed by atoms with Gasteiger partial charge in [-0.1, -0.05) is 49.3 Å². The second-order valence-corrected chi connectivity index (χ2v) is 8.20. The van der Waals surface area contributed by atoms with Gasteiger partial charge < -0.3 is 16.8 Å². The number of aromatic nitrogens is 2. The van der Waals surface area contributed by atoms with Crippen LogP contribution in [0.2, 0.25) is 0 Å². The minimum absolute atomic E-state index is 0.00496. The molecule has 0 aliphatic heterocycles. The maximum Gasteiger partial charge on any atom is 0.267 e. The zero-order valence-corrected chi connectivity index (χ0v) is 21.1. The number of amides is 2. The number of nitrogens with zero attached hydrogens (tertiary/aromatic N) is 2. The van der Waals surface area contributed by atoms with Crippen LogP contribution < -0.4 is 16.8 Å². The monoisotopic (exact) mass is 473 g/mol. The lowest BCUT2D eigenvalue weighted by Crippen LogP contribution is -2.25. The van der Waals surface area contributed by atoms with Crippen LogP contribution in [0.25, 0.3) is 10.9 Å². The Bertz CT molecular complexity index is 1250. The Morgan fingerprint density at radius 1 is 1.06 bits per heavy atom. The number of benzene rings is 1. The van der Waals surface area contributed by atoms with E-state index in [0.717, 1.165) is 27.8 Å². The molecule has 0 aliphatic rings. The molecular formula is C28H35N5O2. The molecule has 0 bridgehead atoms. The van der Waals surface area contributed by atoms with Gasteiger partial charge in [-0.05, 0) is 56.7 Å². The van der Waals surface area contributed by atoms with Crippen molar-refractivity contribution in [3.8, 4) is 0 Å². The summed E-state index contributed by atoms with van der Waals surface area (Å²) >= 11 is 0. The molecule has 2 heterocycles. The summed E-state index contributed by atoms with van der Waals surface area (Å²) in [6.07, 6.45) is 6.15. The molecule has 184 valence electrons. The van der Waals surface area contributed by atoms with E-state index in [1.165, 1.54) is 0 Å². The summed E-state index contributed by atoms with van der Waals surface area (Å²) in [7, 11) is 0. The number of carbonyl (C=O) groups excluding carboxylic acids is 2. The molecular weight excluding hydrogens is 438 g/mol. The number of nitrogens with two attached hydrogens (primary N) is 2. The van der Waals surface area contributed by atoms with Crippen LogP contribution >= 0.6 is 0 Å². The third kappa shape index (κ3) is 8.15. The van der Waals surface area contributed by atoms with Crippen LogP contribution in [0.4, 0.5) is 0 Å². The van der Waals surface area contributed by atoms with Crippen LogP contribution in [0.3, 0.4) is 0 Å². The van der Waals surface area contributed by atoms with Crippen molar-refractivity contribution in [2.24, 2.45) is 11.5 Å². The molecule has 0 saturated carbocycles. The first-order valence-electron chi connectivity index (χ1n) is 11.7. The van der Waals surface area contributed by atoms with Gasteiger partial charge in [0.15, 0.2) is 0 Å². The van der Waals surface area contributed by atoms with Crippen molar-refractivity contribution >= 4 is 22.7 Å². The zero-order chi connectivity index (χ0) is 26.0. The summed E-state index contributed by atoms with van der Waals surface area (Å²) in [6, 6.07) is 12.7. The van der Waals surface area contributed by atoms with Crippen molar-refractivity contribution in [1.29, 1.82) is 0 Å². The minimum Gasteiger partial charge on any atom is -0.364 e. The van der Waals surface area contributed by atoms with Gasteiger partial charge in [-0.15, -0.1) is 0 Å². The molecule has 0 aliphatic carbocycles. The van der Waals surface area contributed by atoms with Gasteiger partial charge in [-0.25, -0.2) is 4.98 Å². The molecule has 2 amide bonds. The standard InChI is InChI=1S/C26H29N5O2.C2H6/c1-16(4-5-17(2)18(3)27)15-30-26(33)21-10-11-29-22(14-21)13-19-6-8-23-20(12-19)7-9-24(31-23)25(28)32;1-2/h4-12,14,18H,13,15,27H2,1-3H3,(H2,28,32)(H,30,33);1-2H3/b16-4+,17-5+;. The first-order chi connectivity index (χ1) is 16.7. The Morgan fingerprint density at radius 3 is 2.49 bits per heavy atom. The quantitative estimate of drug-likeness (QED) is 0.420. The van der Waals surface area contributed by atoms with Crippen LogP contribution in [0, 0.1) is 0 Å². The van der Waals surface area contributed by atoms with Crippen molar-refractivity contribution in [1.82, 2.24) is 15.3 Å². The molecule has 2 aromatic heterocycles. The largest absolute Gasteiger partial charge is 0.364 e. The lowest BCUT2D eigenvalue weighted by molar-refractivity contribution is 0.0955. The fourth-order valence-electron chi connectivity index (χ4n) is 3.15. The molecule has 1 atom stereocenters. The van der Waals surface area contributed by atoms with Crippen LogP contribution in [0.1, 0.15) is 66.7 Å². The van der Waals surface area contributed by atoms with Gasteiger partial charge in [0, 0.05) is 41.8 Å². The molecule has 3 rings (SSSR count). The number of primary amides is 1. The Labute approximate surface area is 207 Å². The Balaban J connectivity index is 0.00000210. The maximum atomic E-state index is 12.6. The number of fused-ring (bicyclic) bond motifs is 1. The zero-order valence-electron chi connectivity index (χ0n) is 21.1. The number of rotatable bonds is 8. The molecule has 1 unspecified atom stereocenters. The van der Waals surface area contributed by atoms with E-state index in [0.29, 0.717) is 24.0 Å². The van der Waals surface area contributed by atoms with Crippen LogP contribution in [0.15, 0.2) is 72.0 Å². The number of hydrogen-bond acceptors (Lipinski definition) is 5. The molecule has 0 fully saturated rings. The summed E-state index contributed by atoms with van der Waals surface area (Å²) in [6.45, 7) is 10.3. The Hall–Kier alpha value is -3.84. The smallest absolute Gasteiger partial charge is 0.267 e. The van der Waals surface area contributed by atoms with E-state index >= 15 is 0 Å². The van der Waals surface area contributed by atoms with E-state index < -0.39 is 5.91 Å². The number of nitrogens with one attached hydrogen (secondary N) is 1. The predicted molar refractivity (Wildman–Crippen MR) is 142 cm³/mol. The van der Waals surface area contributed by atoms with Crippen molar-refractivity contribution in [3.05, 3.63) is 94.5 Å². The van der Waals surface area contributed by atoms with Crippen molar-refractivity contribution in [3.63, 3.8) is 0 Å². The lowest BCUT2D eigenvalue weighted by Gasteiger charge is -2.08. The summed E-state index contributed by atoms with van der Waals surface area (Å²) < 4.78 is 0. The highest BCUT2D eigenvalue weighted by Gasteiger charge is 2.09. The average Bonchev–Trinajstić information content (AvgIpc) is 2.86. The van der Waals surface area contributed by atoms with Gasteiger partial charge in [0.1, 0.15) is 5.69 Å². The normalized spacial score (nSPS) is 12.5. The van der Waals surface area contributed by atoms with E-state index in [1.54, 1.807) is 24.4 Å². The van der Waals surface area contributed by atoms with Crippen molar-refractivity contribution in [2.75, 3.05) is 6.54 Å². The summed E-state index contributed by atoms with van der Waals surface area (Å²) in [5.41, 5.74) is 16.6. The number of hydrogen-bond donors (Lipinski definition) is 3. The second-order valence-electron chi connectivity index (χ2n) is 8.20. The van der Waals surface area contributed by atoms with Crippen LogP contribution in [-0.4, -0.2) is 34.4 Å². The third-order valence-corrected chi connectivity index (χ3v) is 5.35. The highest BCUT2D eigenvalue weighted by atomic mass is 16.2. The van der Waals surface area contributed by atoms with Gasteiger partial charge in [0.2, 0.25) is 0 Å². The van der Waals surface area contributed by atoms with Gasteiger partial charge in [0.25, 0.3) is 11.8 Å². The lowest BCUT2D eigenvalue weighted by atomic mass is 10.0. The number of allylic oxidation sites excluding steroid dienone is 2. The topological polar surface area (TPSA) is 124 Å².